The van der Waals surface area contributed by atoms with Gasteiger partial charge < -0.3 is 14.8 Å². The van der Waals surface area contributed by atoms with Crippen molar-refractivity contribution < 1.29 is 14.3 Å². The molecule has 2 aromatic carbocycles. The van der Waals surface area contributed by atoms with E-state index in [4.69, 9.17) is 9.47 Å². The molecular weight excluding hydrogens is 404 g/mol. The van der Waals surface area contributed by atoms with Crippen LogP contribution in [0.2, 0.25) is 0 Å². The van der Waals surface area contributed by atoms with Gasteiger partial charge in [0.25, 0.3) is 0 Å². The van der Waals surface area contributed by atoms with Gasteiger partial charge in [-0.3, -0.25) is 4.79 Å². The first kappa shape index (κ1) is 19.6. The van der Waals surface area contributed by atoms with Crippen LogP contribution in [0.3, 0.4) is 0 Å². The maximum absolute atomic E-state index is 12.3. The molecule has 2 heterocycles. The molecule has 4 aromatic rings. The fraction of sp³-hybridized carbons (Fsp3) is 0.150. The summed E-state index contributed by atoms with van der Waals surface area (Å²) in [4.78, 5) is 20.9. The van der Waals surface area contributed by atoms with E-state index in [2.05, 4.69) is 25.6 Å². The molecule has 0 aliphatic heterocycles. The van der Waals surface area contributed by atoms with Gasteiger partial charge in [-0.2, -0.15) is 4.68 Å². The molecule has 0 aliphatic rings. The van der Waals surface area contributed by atoms with E-state index in [0.29, 0.717) is 27.6 Å². The fourth-order valence-corrected chi connectivity index (χ4v) is 3.49. The number of thioether (sulfide) groups is 1. The van der Waals surface area contributed by atoms with Crippen molar-refractivity contribution in [3.8, 4) is 17.2 Å². The van der Waals surface area contributed by atoms with Gasteiger partial charge in [-0.25, -0.2) is 9.97 Å². The quantitative estimate of drug-likeness (QED) is 0.358. The van der Waals surface area contributed by atoms with E-state index in [1.54, 1.807) is 31.0 Å². The number of hydrogen-bond donors (Lipinski definition) is 1. The molecule has 0 spiro atoms. The van der Waals surface area contributed by atoms with E-state index in [9.17, 15) is 4.79 Å². The van der Waals surface area contributed by atoms with E-state index in [0.717, 1.165) is 11.4 Å². The number of methoxy groups -OCH3 is 2. The Morgan fingerprint density at radius 3 is 2.63 bits per heavy atom. The van der Waals surface area contributed by atoms with E-state index in [1.807, 2.05) is 36.4 Å². The highest BCUT2D eigenvalue weighted by atomic mass is 32.2. The van der Waals surface area contributed by atoms with Crippen LogP contribution < -0.4 is 14.8 Å². The van der Waals surface area contributed by atoms with Gasteiger partial charge in [-0.15, -0.1) is 5.10 Å². The summed E-state index contributed by atoms with van der Waals surface area (Å²) in [6.45, 7) is 0. The predicted octanol–water partition coefficient (Wildman–Crippen LogP) is 2.96. The Balaban J connectivity index is 1.49. The first-order chi connectivity index (χ1) is 14.7. The zero-order chi connectivity index (χ0) is 20.9. The molecule has 0 unspecified atom stereocenters. The molecule has 0 saturated carbocycles. The van der Waals surface area contributed by atoms with Gasteiger partial charge >= 0.3 is 0 Å². The molecular formula is C20H18N6O3S. The number of amides is 1. The summed E-state index contributed by atoms with van der Waals surface area (Å²) < 4.78 is 12.0. The largest absolute Gasteiger partial charge is 0.497 e. The molecule has 10 heteroatoms. The molecule has 0 atom stereocenters. The first-order valence-corrected chi connectivity index (χ1v) is 9.94. The number of ether oxygens (including phenoxy) is 2. The van der Waals surface area contributed by atoms with Crippen LogP contribution in [0.4, 0.5) is 5.69 Å². The fourth-order valence-electron chi connectivity index (χ4n) is 2.76. The highest BCUT2D eigenvalue weighted by molar-refractivity contribution is 8.00. The molecule has 152 valence electrons. The molecule has 0 aliphatic carbocycles. The standard InChI is InChI=1S/C20H18N6O3S/c1-28-15-8-6-14(7-9-15)26-19-18(24-25-26)20(22-12-21-19)30-11-17(27)23-13-4-3-5-16(10-13)29-2/h3-10,12H,11H2,1-2H3,(H,23,27). The molecule has 4 rings (SSSR count). The summed E-state index contributed by atoms with van der Waals surface area (Å²) in [6, 6.07) is 14.6. The average molecular weight is 422 g/mol. The summed E-state index contributed by atoms with van der Waals surface area (Å²) in [5.74, 6) is 1.42. The van der Waals surface area contributed by atoms with E-state index in [1.165, 1.54) is 18.1 Å². The summed E-state index contributed by atoms with van der Waals surface area (Å²) in [6.07, 6.45) is 1.44. The lowest BCUT2D eigenvalue weighted by molar-refractivity contribution is -0.113. The summed E-state index contributed by atoms with van der Waals surface area (Å²) in [5, 5.41) is 11.8. The van der Waals surface area contributed by atoms with Crippen LogP contribution in [0.25, 0.3) is 16.9 Å². The second-order valence-corrected chi connectivity index (χ2v) is 7.08. The van der Waals surface area contributed by atoms with Crippen molar-refractivity contribution in [1.29, 1.82) is 0 Å². The summed E-state index contributed by atoms with van der Waals surface area (Å²) >= 11 is 1.27. The minimum atomic E-state index is -0.164. The summed E-state index contributed by atoms with van der Waals surface area (Å²) in [5.41, 5.74) is 2.56. The average Bonchev–Trinajstić information content (AvgIpc) is 3.22. The number of nitrogens with one attached hydrogen (secondary N) is 1. The number of rotatable bonds is 7. The number of carbonyl (C=O) groups is 1. The zero-order valence-electron chi connectivity index (χ0n) is 16.3. The summed E-state index contributed by atoms with van der Waals surface area (Å²) in [7, 11) is 3.19. The Hall–Kier alpha value is -3.66. The second-order valence-electron chi connectivity index (χ2n) is 6.12. The van der Waals surface area contributed by atoms with Gasteiger partial charge in [0.1, 0.15) is 22.9 Å². The van der Waals surface area contributed by atoms with Crippen LogP contribution in [0.15, 0.2) is 59.9 Å². The van der Waals surface area contributed by atoms with Crippen LogP contribution in [-0.2, 0) is 4.79 Å². The second kappa shape index (κ2) is 8.78. The monoisotopic (exact) mass is 422 g/mol. The van der Waals surface area contributed by atoms with Crippen molar-refractivity contribution in [3.63, 3.8) is 0 Å². The number of fused-ring (bicyclic) bond motifs is 1. The lowest BCUT2D eigenvalue weighted by atomic mass is 10.3. The molecule has 1 N–H and O–H groups in total. The van der Waals surface area contributed by atoms with Crippen LogP contribution in [0.1, 0.15) is 0 Å². The molecule has 0 fully saturated rings. The van der Waals surface area contributed by atoms with E-state index < -0.39 is 0 Å². The van der Waals surface area contributed by atoms with Crippen LogP contribution in [-0.4, -0.2) is 50.8 Å². The predicted molar refractivity (Wildman–Crippen MR) is 113 cm³/mol. The van der Waals surface area contributed by atoms with Gasteiger partial charge in [0.15, 0.2) is 11.2 Å². The smallest absolute Gasteiger partial charge is 0.234 e. The third-order valence-corrected chi connectivity index (χ3v) is 5.19. The van der Waals surface area contributed by atoms with Crippen molar-refractivity contribution in [1.82, 2.24) is 25.0 Å². The highest BCUT2D eigenvalue weighted by Gasteiger charge is 2.15. The van der Waals surface area contributed by atoms with Gasteiger partial charge in [0, 0.05) is 11.8 Å². The minimum absolute atomic E-state index is 0.164. The van der Waals surface area contributed by atoms with Crippen molar-refractivity contribution in [2.24, 2.45) is 0 Å². The normalized spacial score (nSPS) is 10.7. The van der Waals surface area contributed by atoms with Crippen molar-refractivity contribution in [3.05, 3.63) is 54.9 Å². The molecule has 2 aromatic heterocycles. The lowest BCUT2D eigenvalue weighted by Gasteiger charge is -2.07. The van der Waals surface area contributed by atoms with E-state index >= 15 is 0 Å². The number of hydrogen-bond acceptors (Lipinski definition) is 8. The number of carbonyl (C=O) groups excluding carboxylic acids is 1. The molecule has 30 heavy (non-hydrogen) atoms. The number of anilines is 1. The SMILES string of the molecule is COc1ccc(-n2nnc3c(SCC(=O)Nc4cccc(OC)c4)ncnc32)cc1. The lowest BCUT2D eigenvalue weighted by Crippen LogP contribution is -2.14. The zero-order valence-corrected chi connectivity index (χ0v) is 17.1. The molecule has 9 nitrogen and oxygen atoms in total. The maximum atomic E-state index is 12.3. The van der Waals surface area contributed by atoms with Crippen LogP contribution in [0, 0.1) is 0 Å². The van der Waals surface area contributed by atoms with Crippen molar-refractivity contribution in [2.45, 2.75) is 5.03 Å². The minimum Gasteiger partial charge on any atom is -0.497 e. The Kier molecular flexibility index (Phi) is 5.75. The van der Waals surface area contributed by atoms with Crippen LogP contribution in [0.5, 0.6) is 11.5 Å². The Labute approximate surface area is 176 Å². The van der Waals surface area contributed by atoms with Crippen molar-refractivity contribution in [2.75, 3.05) is 25.3 Å². The van der Waals surface area contributed by atoms with Gasteiger partial charge in [0.2, 0.25) is 5.91 Å². The maximum Gasteiger partial charge on any atom is 0.234 e. The number of nitrogens with zero attached hydrogens (tertiary/aromatic N) is 5. The molecule has 0 saturated heterocycles. The molecule has 0 radical (unpaired) electrons. The Bertz CT molecular complexity index is 1180. The third kappa shape index (κ3) is 4.18. The number of aromatic nitrogens is 5. The Morgan fingerprint density at radius 1 is 1.07 bits per heavy atom. The molecule has 0 bridgehead atoms. The number of benzene rings is 2. The van der Waals surface area contributed by atoms with Gasteiger partial charge in [-0.1, -0.05) is 23.0 Å². The van der Waals surface area contributed by atoms with Gasteiger partial charge in [-0.05, 0) is 36.4 Å². The van der Waals surface area contributed by atoms with Crippen LogP contribution >= 0.6 is 11.8 Å². The first-order valence-electron chi connectivity index (χ1n) is 8.95. The highest BCUT2D eigenvalue weighted by Crippen LogP contribution is 2.25. The Morgan fingerprint density at radius 2 is 1.87 bits per heavy atom. The topological polar surface area (TPSA) is 104 Å². The molecule has 1 amide bonds. The third-order valence-electron chi connectivity index (χ3n) is 4.21. The van der Waals surface area contributed by atoms with Gasteiger partial charge in [0.05, 0.1) is 25.7 Å². The van der Waals surface area contributed by atoms with Crippen molar-refractivity contribution >= 4 is 34.5 Å². The van der Waals surface area contributed by atoms with E-state index in [-0.39, 0.29) is 11.7 Å².